The fourth-order valence-corrected chi connectivity index (χ4v) is 1.33. The van der Waals surface area contributed by atoms with Crippen molar-refractivity contribution in [3.05, 3.63) is 4.85 Å². The molecule has 0 saturated carbocycles. The van der Waals surface area contributed by atoms with Gasteiger partial charge in [-0.2, -0.15) is 8.42 Å². The zero-order chi connectivity index (χ0) is 13.7. The second-order valence-corrected chi connectivity index (χ2v) is 4.45. The summed E-state index contributed by atoms with van der Waals surface area (Å²) in [5, 5.41) is 0. The molecule has 1 N–H and O–H groups in total. The minimum Gasteiger partial charge on any atom is -0.286 e. The third kappa shape index (κ3) is 13.6. The predicted octanol–water partition coefficient (Wildman–Crippen LogP) is 0.631. The van der Waals surface area contributed by atoms with Gasteiger partial charge in [0.15, 0.2) is 0 Å². The maximum absolute atomic E-state index is 10.4. The molecule has 0 heterocycles. The van der Waals surface area contributed by atoms with Crippen molar-refractivity contribution in [3.63, 3.8) is 0 Å². The van der Waals surface area contributed by atoms with Crippen LogP contribution in [0.4, 0.5) is 0 Å². The molecule has 0 fully saturated rings. The van der Waals surface area contributed by atoms with E-state index < -0.39 is 10.1 Å². The highest BCUT2D eigenvalue weighted by molar-refractivity contribution is 7.85. The summed E-state index contributed by atoms with van der Waals surface area (Å²) in [6.45, 7) is 0.397. The monoisotopic (exact) mass is 260 g/mol. The summed E-state index contributed by atoms with van der Waals surface area (Å²) in [6, 6.07) is 2.43. The first-order valence-corrected chi connectivity index (χ1v) is 6.49. The van der Waals surface area contributed by atoms with Gasteiger partial charge in [0.05, 0.1) is 11.7 Å². The molecular weight excluding hydrogens is 250 g/mol. The number of hydrogen-bond acceptors (Lipinski definition) is 2. The normalized spacial score (nSPS) is 7.78. The number of nitrogens with zero attached hydrogens (tertiary/aromatic N) is 1. The van der Waals surface area contributed by atoms with Crippen LogP contribution in [-0.4, -0.2) is 25.3 Å². The summed E-state index contributed by atoms with van der Waals surface area (Å²) in [5.74, 6) is 16.3. The molecule has 0 rings (SSSR count). The Balaban J connectivity index is 3.84. The molecule has 0 aromatic carbocycles. The molecule has 4 nitrogen and oxygen atoms in total. The molecule has 5 heteroatoms. The fourth-order valence-electron chi connectivity index (χ4n) is 0.760. The molecule has 0 aliphatic rings. The molecule has 0 aromatic rings. The first kappa shape index (κ1) is 15.6. The lowest BCUT2D eigenvalue weighted by Gasteiger charge is -1.90. The fraction of sp³-hybridized carbons (Fsp3) is 0.308. The third-order valence-electron chi connectivity index (χ3n) is 1.44. The Hall–Kier alpha value is -2.36. The first-order chi connectivity index (χ1) is 8.56. The van der Waals surface area contributed by atoms with Crippen LogP contribution >= 0.6 is 0 Å². The topological polar surface area (TPSA) is 58.7 Å². The van der Waals surface area contributed by atoms with Crippen molar-refractivity contribution in [2.75, 3.05) is 12.3 Å². The van der Waals surface area contributed by atoms with Crippen LogP contribution in [0.25, 0.3) is 4.85 Å². The van der Waals surface area contributed by atoms with Crippen LogP contribution < -0.4 is 0 Å². The van der Waals surface area contributed by atoms with E-state index in [0.29, 0.717) is 19.4 Å². The molecule has 0 bridgehead atoms. The maximum atomic E-state index is 10.4. The Morgan fingerprint density at radius 3 is 2.22 bits per heavy atom. The second-order valence-electron chi connectivity index (χ2n) is 2.88. The van der Waals surface area contributed by atoms with Crippen LogP contribution in [0.1, 0.15) is 12.8 Å². The van der Waals surface area contributed by atoms with Crippen LogP contribution in [0, 0.1) is 53.9 Å². The molecule has 0 aliphatic heterocycles. The van der Waals surface area contributed by atoms with Crippen molar-refractivity contribution in [1.82, 2.24) is 0 Å². The molecule has 0 amide bonds. The smallest absolute Gasteiger partial charge is 0.286 e. The summed E-state index contributed by atoms with van der Waals surface area (Å²) in [7, 11) is -3.87. The molecule has 0 atom stereocenters. The molecule has 0 saturated heterocycles. The number of terminal acetylenes is 1. The van der Waals surface area contributed by atoms with Crippen LogP contribution in [0.5, 0.6) is 0 Å². The molecule has 0 radical (unpaired) electrons. The van der Waals surface area contributed by atoms with Gasteiger partial charge < -0.3 is 0 Å². The molecule has 0 aromatic heterocycles. The third-order valence-corrected chi connectivity index (χ3v) is 2.25. The molecule has 0 unspecified atom stereocenters. The second kappa shape index (κ2) is 9.84. The van der Waals surface area contributed by atoms with Gasteiger partial charge in [-0.25, -0.2) is 0 Å². The van der Waals surface area contributed by atoms with E-state index in [1.807, 2.05) is 0 Å². The minimum absolute atomic E-state index is 0.256. The van der Waals surface area contributed by atoms with Gasteiger partial charge in [0.25, 0.3) is 16.7 Å². The molecule has 0 spiro atoms. The Bertz CT molecular complexity index is 653. The van der Waals surface area contributed by atoms with Gasteiger partial charge in [0.2, 0.25) is 0 Å². The number of unbranched alkanes of at least 4 members (excludes halogenated alkanes) is 1. The molecule has 0 aliphatic carbocycles. The van der Waals surface area contributed by atoms with Crippen molar-refractivity contribution >= 4 is 10.1 Å². The largest absolute Gasteiger partial charge is 0.366 e. The maximum Gasteiger partial charge on any atom is 0.366 e. The van der Waals surface area contributed by atoms with Crippen LogP contribution in [0.2, 0.25) is 0 Å². The first-order valence-electron chi connectivity index (χ1n) is 4.88. The molecule has 18 heavy (non-hydrogen) atoms. The Kier molecular flexibility index (Phi) is 8.55. The van der Waals surface area contributed by atoms with E-state index in [1.165, 1.54) is 0 Å². The van der Waals surface area contributed by atoms with Crippen LogP contribution in [-0.2, 0) is 10.1 Å². The summed E-state index contributed by atoms with van der Waals surface area (Å²) in [5.41, 5.74) is 0. The number of rotatable bonds is 4. The summed E-state index contributed by atoms with van der Waals surface area (Å²) < 4.78 is 29.2. The van der Waals surface area contributed by atoms with Crippen LogP contribution in [0.15, 0.2) is 0 Å². The van der Waals surface area contributed by atoms with Crippen molar-refractivity contribution in [2.45, 2.75) is 12.8 Å². The molecular formula is C13H10NO3S+. The van der Waals surface area contributed by atoms with E-state index in [4.69, 9.17) is 11.0 Å². The van der Waals surface area contributed by atoms with E-state index >= 15 is 0 Å². The van der Waals surface area contributed by atoms with Crippen molar-refractivity contribution in [3.8, 4) is 53.9 Å². The summed E-state index contributed by atoms with van der Waals surface area (Å²) >= 11 is 0. The zero-order valence-electron chi connectivity index (χ0n) is 9.52. The van der Waals surface area contributed by atoms with Crippen molar-refractivity contribution in [1.29, 1.82) is 0 Å². The number of hydrogen-bond donors (Lipinski definition) is 1. The lowest BCUT2D eigenvalue weighted by molar-refractivity contribution is 0.480. The average Bonchev–Trinajstić information content (AvgIpc) is 2.29. The van der Waals surface area contributed by atoms with Crippen molar-refractivity contribution < 1.29 is 13.0 Å². The molecule has 90 valence electrons. The highest BCUT2D eigenvalue weighted by Crippen LogP contribution is 1.93. The highest BCUT2D eigenvalue weighted by Gasteiger charge is 2.04. The Labute approximate surface area is 107 Å². The standard InChI is InChI=1S/C13H9NO3S/c1-2-3-4-5-6-7-8-11-14-12-9-10-13-18(15,16)17/h1H,9-10,12-13H2/p+1. The summed E-state index contributed by atoms with van der Waals surface area (Å²) in [4.78, 5) is 3.79. The zero-order valence-corrected chi connectivity index (χ0v) is 10.3. The van der Waals surface area contributed by atoms with E-state index in [1.54, 1.807) is 0 Å². The summed E-state index contributed by atoms with van der Waals surface area (Å²) in [6.07, 6.45) is 5.75. The van der Waals surface area contributed by atoms with Gasteiger partial charge >= 0.3 is 6.07 Å². The van der Waals surface area contributed by atoms with E-state index in [2.05, 4.69) is 52.4 Å². The minimum atomic E-state index is -3.87. The predicted molar refractivity (Wildman–Crippen MR) is 69.9 cm³/mol. The highest BCUT2D eigenvalue weighted by atomic mass is 32.2. The van der Waals surface area contributed by atoms with E-state index in [-0.39, 0.29) is 5.75 Å². The Morgan fingerprint density at radius 1 is 1.00 bits per heavy atom. The van der Waals surface area contributed by atoms with Gasteiger partial charge in [-0.15, -0.1) is 6.42 Å². The Morgan fingerprint density at radius 2 is 1.61 bits per heavy atom. The van der Waals surface area contributed by atoms with Gasteiger partial charge in [-0.3, -0.25) is 4.55 Å². The van der Waals surface area contributed by atoms with E-state index in [0.717, 1.165) is 0 Å². The average molecular weight is 260 g/mol. The van der Waals surface area contributed by atoms with Gasteiger partial charge in [0.1, 0.15) is 0 Å². The quantitative estimate of drug-likeness (QED) is 0.458. The SMILES string of the molecule is C#CC#CC#CC#CC#[N+]CCCCS(=O)(=O)O. The lowest BCUT2D eigenvalue weighted by atomic mass is 10.3. The lowest BCUT2D eigenvalue weighted by Crippen LogP contribution is -2.03. The van der Waals surface area contributed by atoms with E-state index in [9.17, 15) is 8.42 Å². The van der Waals surface area contributed by atoms with Gasteiger partial charge in [-0.05, 0) is 24.2 Å². The van der Waals surface area contributed by atoms with Gasteiger partial charge in [-0.1, -0.05) is 4.85 Å². The van der Waals surface area contributed by atoms with Crippen molar-refractivity contribution in [2.24, 2.45) is 0 Å². The van der Waals surface area contributed by atoms with Gasteiger partial charge in [0, 0.05) is 24.2 Å². The van der Waals surface area contributed by atoms with Crippen LogP contribution in [0.3, 0.4) is 0 Å².